The molecule has 0 aliphatic carbocycles. The van der Waals surface area contributed by atoms with Crippen molar-refractivity contribution in [3.63, 3.8) is 0 Å². The maximum absolute atomic E-state index is 3.64. The van der Waals surface area contributed by atoms with Crippen LogP contribution in [0.3, 0.4) is 0 Å². The van der Waals surface area contributed by atoms with Crippen LogP contribution < -0.4 is 0 Å². The number of hydrogen-bond donors (Lipinski definition) is 0. The molecule has 0 rings (SSSR count). The fourth-order valence-electron chi connectivity index (χ4n) is 0.693. The van der Waals surface area contributed by atoms with E-state index in [4.69, 9.17) is 0 Å². The van der Waals surface area contributed by atoms with Gasteiger partial charge in [-0.05, 0) is 20.0 Å². The maximum Gasteiger partial charge on any atom is 0.0157 e. The van der Waals surface area contributed by atoms with E-state index in [1.165, 1.54) is 13.0 Å². The van der Waals surface area contributed by atoms with E-state index >= 15 is 0 Å². The van der Waals surface area contributed by atoms with Gasteiger partial charge in [0.2, 0.25) is 0 Å². The minimum Gasteiger partial charge on any atom is -0.303 e. The first-order valence-corrected chi connectivity index (χ1v) is 6.10. The number of likely N-dealkylation sites (N-methyl/N-ethyl adjacent to an activating group) is 1. The lowest BCUT2D eigenvalue weighted by Gasteiger charge is -2.10. The Morgan fingerprint density at radius 1 is 1.00 bits per heavy atom. The molecule has 0 bridgehead atoms. The smallest absolute Gasteiger partial charge is 0.0157 e. The van der Waals surface area contributed by atoms with Crippen molar-refractivity contribution in [1.29, 1.82) is 0 Å². The summed E-state index contributed by atoms with van der Waals surface area (Å²) < 4.78 is 0. The topological polar surface area (TPSA) is 3.24 Å². The summed E-state index contributed by atoms with van der Waals surface area (Å²) >= 11 is 0. The van der Waals surface area contributed by atoms with Crippen molar-refractivity contribution in [2.24, 2.45) is 0 Å². The Kier molecular flexibility index (Phi) is 65.0. The number of nitrogens with zero attached hydrogens (tertiary/aromatic N) is 1. The maximum atomic E-state index is 3.64. The molecule has 0 spiro atoms. The molecule has 1 nitrogen and oxygen atoms in total. The van der Waals surface area contributed by atoms with Crippen LogP contribution in [0.5, 0.6) is 0 Å². The predicted octanol–water partition coefficient (Wildman–Crippen LogP) is 4.59. The van der Waals surface area contributed by atoms with Crippen molar-refractivity contribution in [1.82, 2.24) is 4.90 Å². The molecule has 0 fully saturated rings. The highest BCUT2D eigenvalue weighted by atomic mass is 15.1. The SMILES string of the molecule is C=CCN(C)CCC.CC.CC.CC. The van der Waals surface area contributed by atoms with E-state index < -0.39 is 0 Å². The summed E-state index contributed by atoms with van der Waals surface area (Å²) in [6.07, 6.45) is 3.15. The molecular formula is C13H33N. The lowest BCUT2D eigenvalue weighted by Crippen LogP contribution is -2.18. The second-order valence-electron chi connectivity index (χ2n) is 2.05. The highest BCUT2D eigenvalue weighted by Crippen LogP contribution is 1.83. The summed E-state index contributed by atoms with van der Waals surface area (Å²) in [5.74, 6) is 0. The zero-order valence-electron chi connectivity index (χ0n) is 11.9. The zero-order valence-corrected chi connectivity index (χ0v) is 11.9. The molecule has 90 valence electrons. The number of hydrogen-bond acceptors (Lipinski definition) is 1. The molecule has 0 amide bonds. The van der Waals surface area contributed by atoms with Crippen LogP contribution in [0.2, 0.25) is 0 Å². The fraction of sp³-hybridized carbons (Fsp3) is 0.846. The summed E-state index contributed by atoms with van der Waals surface area (Å²) in [7, 11) is 2.10. The van der Waals surface area contributed by atoms with Crippen LogP contribution in [0.4, 0.5) is 0 Å². The van der Waals surface area contributed by atoms with Crippen LogP contribution in [0.25, 0.3) is 0 Å². The highest BCUT2D eigenvalue weighted by Gasteiger charge is 1.88. The average molecular weight is 203 g/mol. The van der Waals surface area contributed by atoms with E-state index in [2.05, 4.69) is 25.5 Å². The van der Waals surface area contributed by atoms with Gasteiger partial charge in [-0.15, -0.1) is 6.58 Å². The lowest BCUT2D eigenvalue weighted by atomic mass is 10.4. The molecule has 0 unspecified atom stereocenters. The van der Waals surface area contributed by atoms with Gasteiger partial charge in [-0.1, -0.05) is 54.5 Å². The molecule has 0 aliphatic heterocycles. The average Bonchev–Trinajstić information content (AvgIpc) is 2.27. The van der Waals surface area contributed by atoms with Gasteiger partial charge in [0.25, 0.3) is 0 Å². The fourth-order valence-corrected chi connectivity index (χ4v) is 0.693. The molecule has 0 atom stereocenters. The van der Waals surface area contributed by atoms with Gasteiger partial charge >= 0.3 is 0 Å². The molecule has 14 heavy (non-hydrogen) atoms. The van der Waals surface area contributed by atoms with Gasteiger partial charge in [-0.25, -0.2) is 0 Å². The largest absolute Gasteiger partial charge is 0.303 e. The van der Waals surface area contributed by atoms with Crippen molar-refractivity contribution in [3.05, 3.63) is 12.7 Å². The van der Waals surface area contributed by atoms with Crippen molar-refractivity contribution >= 4 is 0 Å². The first-order valence-electron chi connectivity index (χ1n) is 6.10. The monoisotopic (exact) mass is 203 g/mol. The Balaban J connectivity index is -0.0000000708. The molecule has 0 aliphatic rings. The van der Waals surface area contributed by atoms with E-state index in [9.17, 15) is 0 Å². The molecule has 0 heterocycles. The van der Waals surface area contributed by atoms with Crippen LogP contribution in [0.15, 0.2) is 12.7 Å². The summed E-state index contributed by atoms with van der Waals surface area (Å²) in [5.41, 5.74) is 0. The predicted molar refractivity (Wildman–Crippen MR) is 72.0 cm³/mol. The van der Waals surface area contributed by atoms with Crippen LogP contribution in [0, 0.1) is 0 Å². The summed E-state index contributed by atoms with van der Waals surface area (Å²) in [6, 6.07) is 0. The third kappa shape index (κ3) is 41.2. The van der Waals surface area contributed by atoms with E-state index in [1.54, 1.807) is 0 Å². The summed E-state index contributed by atoms with van der Waals surface area (Å²) in [5, 5.41) is 0. The zero-order chi connectivity index (χ0) is 12.4. The summed E-state index contributed by atoms with van der Waals surface area (Å²) in [4.78, 5) is 2.24. The molecule has 0 saturated carbocycles. The Morgan fingerprint density at radius 3 is 1.57 bits per heavy atom. The van der Waals surface area contributed by atoms with Gasteiger partial charge < -0.3 is 4.90 Å². The minimum absolute atomic E-state index is 1.01. The number of rotatable bonds is 4. The van der Waals surface area contributed by atoms with E-state index in [0.29, 0.717) is 0 Å². The standard InChI is InChI=1S/C7H15N.3C2H6/c1-4-6-8(3)7-5-2;3*1-2/h4H,1,5-7H2,2-3H3;3*1-2H3. The highest BCUT2D eigenvalue weighted by molar-refractivity contribution is 4.70. The van der Waals surface area contributed by atoms with Gasteiger partial charge in [0.1, 0.15) is 0 Å². The first kappa shape index (κ1) is 23.5. The molecule has 0 saturated heterocycles. The van der Waals surface area contributed by atoms with Crippen LogP contribution >= 0.6 is 0 Å². The Hall–Kier alpha value is -0.300. The lowest BCUT2D eigenvalue weighted by molar-refractivity contribution is 0.371. The van der Waals surface area contributed by atoms with Gasteiger partial charge in [0.05, 0.1) is 0 Å². The molecule has 1 heteroatoms. The van der Waals surface area contributed by atoms with Gasteiger partial charge in [-0.3, -0.25) is 0 Å². The Labute approximate surface area is 93.2 Å². The van der Waals surface area contributed by atoms with E-state index in [0.717, 1.165) is 6.54 Å². The van der Waals surface area contributed by atoms with Gasteiger partial charge in [0, 0.05) is 6.54 Å². The molecule has 0 aromatic rings. The van der Waals surface area contributed by atoms with Gasteiger partial charge in [0.15, 0.2) is 0 Å². The molecule has 0 radical (unpaired) electrons. The van der Waals surface area contributed by atoms with Crippen LogP contribution in [-0.4, -0.2) is 25.0 Å². The van der Waals surface area contributed by atoms with Crippen molar-refractivity contribution in [2.75, 3.05) is 20.1 Å². The minimum atomic E-state index is 1.01. The van der Waals surface area contributed by atoms with Crippen molar-refractivity contribution < 1.29 is 0 Å². The third-order valence-electron chi connectivity index (χ3n) is 1.05. The Morgan fingerprint density at radius 2 is 1.36 bits per heavy atom. The van der Waals surface area contributed by atoms with Crippen LogP contribution in [-0.2, 0) is 0 Å². The second kappa shape index (κ2) is 38.7. The second-order valence-corrected chi connectivity index (χ2v) is 2.05. The molecule has 0 aromatic carbocycles. The van der Waals surface area contributed by atoms with E-state index in [-0.39, 0.29) is 0 Å². The van der Waals surface area contributed by atoms with Crippen molar-refractivity contribution in [2.45, 2.75) is 54.9 Å². The normalized spacial score (nSPS) is 6.93. The van der Waals surface area contributed by atoms with Gasteiger partial charge in [-0.2, -0.15) is 0 Å². The molecule has 0 N–H and O–H groups in total. The quantitative estimate of drug-likeness (QED) is 0.604. The molecular weight excluding hydrogens is 170 g/mol. The van der Waals surface area contributed by atoms with Crippen molar-refractivity contribution in [3.8, 4) is 0 Å². The first-order chi connectivity index (χ1) is 6.81. The molecule has 0 aromatic heterocycles. The Bertz CT molecular complexity index is 60.3. The van der Waals surface area contributed by atoms with Crippen LogP contribution in [0.1, 0.15) is 54.9 Å². The third-order valence-corrected chi connectivity index (χ3v) is 1.05. The van der Waals surface area contributed by atoms with E-state index in [1.807, 2.05) is 47.6 Å². The summed E-state index contributed by atoms with van der Waals surface area (Å²) in [6.45, 7) is 20.0.